The van der Waals surface area contributed by atoms with E-state index in [1.165, 1.54) is 16.7 Å². The summed E-state index contributed by atoms with van der Waals surface area (Å²) in [5.41, 5.74) is 2.86. The Bertz CT molecular complexity index is 1130. The Morgan fingerprint density at radius 1 is 1.12 bits per heavy atom. The maximum Gasteiger partial charge on any atom is 0.338 e. The molecule has 0 radical (unpaired) electrons. The Labute approximate surface area is 209 Å². The topological polar surface area (TPSA) is 75.7 Å². The predicted octanol–water partition coefficient (Wildman–Crippen LogP) is 5.43. The second-order valence-corrected chi connectivity index (χ2v) is 9.36. The van der Waals surface area contributed by atoms with E-state index in [9.17, 15) is 14.4 Å². The van der Waals surface area contributed by atoms with E-state index < -0.39 is 5.97 Å². The number of thioether (sulfide) groups is 1. The molecule has 0 bridgehead atoms. The Kier molecular flexibility index (Phi) is 9.18. The minimum absolute atomic E-state index is 0.190. The Balaban J connectivity index is 1.57. The van der Waals surface area contributed by atoms with E-state index in [0.29, 0.717) is 27.1 Å². The summed E-state index contributed by atoms with van der Waals surface area (Å²) in [6.07, 6.45) is 5.51. The molecule has 1 N–H and O–H groups in total. The molecular formula is C26H26N2O4S2. The Morgan fingerprint density at radius 2 is 1.82 bits per heavy atom. The van der Waals surface area contributed by atoms with Crippen LogP contribution in [0.1, 0.15) is 42.6 Å². The molecule has 0 aliphatic carbocycles. The second-order valence-electron chi connectivity index (χ2n) is 7.68. The van der Waals surface area contributed by atoms with Crippen LogP contribution in [-0.4, -0.2) is 40.2 Å². The summed E-state index contributed by atoms with van der Waals surface area (Å²) >= 11 is 6.50. The lowest BCUT2D eigenvalue weighted by Crippen LogP contribution is -2.36. The molecule has 8 heteroatoms. The van der Waals surface area contributed by atoms with Crippen molar-refractivity contribution < 1.29 is 19.1 Å². The normalized spacial score (nSPS) is 15.1. The van der Waals surface area contributed by atoms with Gasteiger partial charge in [0.2, 0.25) is 5.91 Å². The number of hydrogen-bond donors (Lipinski definition) is 1. The van der Waals surface area contributed by atoms with Gasteiger partial charge in [0.15, 0.2) is 0 Å². The van der Waals surface area contributed by atoms with Crippen molar-refractivity contribution in [2.24, 2.45) is 0 Å². The SMILES string of the molecule is CCCCOC(=O)c1ccc(NC(=O)CN2C(=O)/C(=C/C(C)=C/c3ccccc3)SC2=S)cc1. The highest BCUT2D eigenvalue weighted by atomic mass is 32.2. The monoisotopic (exact) mass is 494 g/mol. The van der Waals surface area contributed by atoms with E-state index >= 15 is 0 Å². The number of nitrogens with zero attached hydrogens (tertiary/aromatic N) is 1. The zero-order valence-electron chi connectivity index (χ0n) is 19.1. The summed E-state index contributed by atoms with van der Waals surface area (Å²) in [6.45, 7) is 4.13. The van der Waals surface area contributed by atoms with Gasteiger partial charge in [0.25, 0.3) is 5.91 Å². The average molecular weight is 495 g/mol. The Morgan fingerprint density at radius 3 is 2.50 bits per heavy atom. The van der Waals surface area contributed by atoms with Gasteiger partial charge in [0.1, 0.15) is 10.9 Å². The fourth-order valence-electron chi connectivity index (χ4n) is 3.12. The lowest BCUT2D eigenvalue weighted by molar-refractivity contribution is -0.126. The van der Waals surface area contributed by atoms with Crippen LogP contribution in [-0.2, 0) is 14.3 Å². The average Bonchev–Trinajstić information content (AvgIpc) is 3.07. The van der Waals surface area contributed by atoms with Crippen LogP contribution in [0, 0.1) is 0 Å². The molecule has 3 rings (SSSR count). The zero-order valence-corrected chi connectivity index (χ0v) is 20.7. The molecule has 6 nitrogen and oxygen atoms in total. The second kappa shape index (κ2) is 12.3. The highest BCUT2D eigenvalue weighted by Gasteiger charge is 2.33. The molecule has 0 atom stereocenters. The van der Waals surface area contributed by atoms with E-state index in [1.54, 1.807) is 30.3 Å². The fraction of sp³-hybridized carbons (Fsp3) is 0.231. The number of allylic oxidation sites excluding steroid dienone is 2. The van der Waals surface area contributed by atoms with Crippen molar-refractivity contribution in [3.05, 3.63) is 82.3 Å². The first kappa shape index (κ1) is 25.4. The number of rotatable bonds is 9. The van der Waals surface area contributed by atoms with Gasteiger partial charge in [-0.15, -0.1) is 0 Å². The number of unbranched alkanes of at least 4 members (excludes halogenated alkanes) is 1. The van der Waals surface area contributed by atoms with Gasteiger partial charge in [-0.2, -0.15) is 0 Å². The standard InChI is InChI=1S/C26H26N2O4S2/c1-3-4-14-32-25(31)20-10-12-21(13-11-20)27-23(29)17-28-24(30)22(34-26(28)33)16-18(2)15-19-8-6-5-7-9-19/h5-13,15-16H,3-4,14,17H2,1-2H3,(H,27,29)/b18-15+,22-16-. The van der Waals surface area contributed by atoms with Crippen molar-refractivity contribution in [2.75, 3.05) is 18.5 Å². The van der Waals surface area contributed by atoms with Crippen LogP contribution in [0.2, 0.25) is 0 Å². The Hall–Kier alpha value is -3.23. The first-order valence-electron chi connectivity index (χ1n) is 10.9. The first-order chi connectivity index (χ1) is 16.4. The summed E-state index contributed by atoms with van der Waals surface area (Å²) in [7, 11) is 0. The van der Waals surface area contributed by atoms with E-state index in [4.69, 9.17) is 17.0 Å². The molecule has 1 heterocycles. The molecule has 2 aromatic carbocycles. The maximum absolute atomic E-state index is 12.8. The highest BCUT2D eigenvalue weighted by Crippen LogP contribution is 2.32. The van der Waals surface area contributed by atoms with E-state index in [0.717, 1.165) is 24.0 Å². The molecule has 2 amide bonds. The molecule has 0 saturated carbocycles. The van der Waals surface area contributed by atoms with Gasteiger partial charge in [-0.3, -0.25) is 14.5 Å². The van der Waals surface area contributed by atoms with E-state index in [-0.39, 0.29) is 18.4 Å². The summed E-state index contributed by atoms with van der Waals surface area (Å²) in [5.74, 6) is -1.07. The number of hydrogen-bond acceptors (Lipinski definition) is 6. The zero-order chi connectivity index (χ0) is 24.5. The molecule has 0 aromatic heterocycles. The minimum Gasteiger partial charge on any atom is -0.462 e. The number of benzene rings is 2. The molecule has 1 aliphatic rings. The van der Waals surface area contributed by atoms with E-state index in [2.05, 4.69) is 5.32 Å². The summed E-state index contributed by atoms with van der Waals surface area (Å²) in [4.78, 5) is 39.1. The van der Waals surface area contributed by atoms with Crippen molar-refractivity contribution in [1.82, 2.24) is 4.90 Å². The van der Waals surface area contributed by atoms with Crippen LogP contribution in [0.3, 0.4) is 0 Å². The van der Waals surface area contributed by atoms with E-state index in [1.807, 2.05) is 50.3 Å². The number of carbonyl (C=O) groups excluding carboxylic acids is 3. The number of carbonyl (C=O) groups is 3. The molecule has 1 fully saturated rings. The van der Waals surface area contributed by atoms with Crippen molar-refractivity contribution in [1.29, 1.82) is 0 Å². The van der Waals surface area contributed by atoms with Crippen LogP contribution in [0.5, 0.6) is 0 Å². The molecular weight excluding hydrogens is 468 g/mol. The van der Waals surface area contributed by atoms with Crippen LogP contribution < -0.4 is 5.32 Å². The molecule has 176 valence electrons. The molecule has 2 aromatic rings. The van der Waals surface area contributed by atoms with Gasteiger partial charge in [-0.25, -0.2) is 4.79 Å². The van der Waals surface area contributed by atoms with Crippen molar-refractivity contribution in [3.8, 4) is 0 Å². The quantitative estimate of drug-likeness (QED) is 0.217. The van der Waals surface area contributed by atoms with Gasteiger partial charge in [-0.1, -0.05) is 73.7 Å². The summed E-state index contributed by atoms with van der Waals surface area (Å²) in [6, 6.07) is 16.2. The number of amides is 2. The number of nitrogens with one attached hydrogen (secondary N) is 1. The predicted molar refractivity (Wildman–Crippen MR) is 140 cm³/mol. The van der Waals surface area contributed by atoms with Gasteiger partial charge in [0.05, 0.1) is 17.1 Å². The smallest absolute Gasteiger partial charge is 0.338 e. The molecule has 34 heavy (non-hydrogen) atoms. The summed E-state index contributed by atoms with van der Waals surface area (Å²) < 4.78 is 5.51. The van der Waals surface area contributed by atoms with Crippen LogP contribution in [0.25, 0.3) is 6.08 Å². The fourth-order valence-corrected chi connectivity index (χ4v) is 4.43. The van der Waals surface area contributed by atoms with Gasteiger partial charge < -0.3 is 10.1 Å². The van der Waals surface area contributed by atoms with Gasteiger partial charge in [-0.05, 0) is 54.8 Å². The molecule has 0 unspecified atom stereocenters. The third kappa shape index (κ3) is 7.13. The lowest BCUT2D eigenvalue weighted by Gasteiger charge is -2.14. The largest absolute Gasteiger partial charge is 0.462 e. The van der Waals surface area contributed by atoms with Gasteiger partial charge >= 0.3 is 5.97 Å². The third-order valence-corrected chi connectivity index (χ3v) is 6.24. The maximum atomic E-state index is 12.8. The van der Waals surface area contributed by atoms with Crippen molar-refractivity contribution in [3.63, 3.8) is 0 Å². The number of esters is 1. The van der Waals surface area contributed by atoms with Crippen molar-refractivity contribution in [2.45, 2.75) is 26.7 Å². The number of ether oxygens (including phenoxy) is 1. The third-order valence-electron chi connectivity index (χ3n) is 4.86. The van der Waals surface area contributed by atoms with Gasteiger partial charge in [0, 0.05) is 5.69 Å². The molecule has 1 saturated heterocycles. The van der Waals surface area contributed by atoms with Crippen LogP contribution in [0.15, 0.2) is 71.2 Å². The molecule has 1 aliphatic heterocycles. The number of anilines is 1. The summed E-state index contributed by atoms with van der Waals surface area (Å²) in [5, 5.41) is 2.73. The highest BCUT2D eigenvalue weighted by molar-refractivity contribution is 8.26. The molecule has 0 spiro atoms. The lowest BCUT2D eigenvalue weighted by atomic mass is 10.1. The first-order valence-corrected chi connectivity index (χ1v) is 12.2. The van der Waals surface area contributed by atoms with Crippen LogP contribution in [0.4, 0.5) is 5.69 Å². The van der Waals surface area contributed by atoms with Crippen LogP contribution >= 0.6 is 24.0 Å². The van der Waals surface area contributed by atoms with Crippen molar-refractivity contribution >= 4 is 57.8 Å². The number of thiocarbonyl (C=S) groups is 1. The minimum atomic E-state index is -0.396.